The summed E-state index contributed by atoms with van der Waals surface area (Å²) in [5.41, 5.74) is 1.47. The van der Waals surface area contributed by atoms with Gasteiger partial charge in [-0.25, -0.2) is 4.68 Å². The zero-order valence-corrected chi connectivity index (χ0v) is 20.2. The normalized spacial score (nSPS) is 10.6. The molecule has 174 valence electrons. The van der Waals surface area contributed by atoms with Crippen molar-refractivity contribution in [3.8, 4) is 22.9 Å². The largest absolute Gasteiger partial charge is 0.493 e. The number of amides is 1. The number of nitrogens with zero attached hydrogens (tertiary/aromatic N) is 3. The molecule has 3 aromatic carbocycles. The van der Waals surface area contributed by atoms with Gasteiger partial charge in [-0.2, -0.15) is 0 Å². The summed E-state index contributed by atoms with van der Waals surface area (Å²) >= 11 is 2.80. The molecule has 8 nitrogen and oxygen atoms in total. The average molecular weight is 494 g/mol. The van der Waals surface area contributed by atoms with Crippen LogP contribution >= 0.6 is 23.5 Å². The maximum absolute atomic E-state index is 12.7. The molecule has 0 unspecified atom stereocenters. The Kier molecular flexibility index (Phi) is 7.61. The SMILES string of the molecule is COc1ccc(-c2nnc(SCC(=O)Nc3ccccc3Sc3ccccc3)n2N)cc1OC. The average Bonchev–Trinajstić information content (AvgIpc) is 3.24. The molecule has 4 aromatic rings. The van der Waals surface area contributed by atoms with Crippen molar-refractivity contribution in [2.75, 3.05) is 31.1 Å². The molecule has 0 spiro atoms. The van der Waals surface area contributed by atoms with E-state index in [1.165, 1.54) is 16.4 Å². The summed E-state index contributed by atoms with van der Waals surface area (Å²) in [6.07, 6.45) is 0. The van der Waals surface area contributed by atoms with E-state index in [2.05, 4.69) is 15.5 Å². The van der Waals surface area contributed by atoms with Crippen molar-refractivity contribution in [2.45, 2.75) is 14.9 Å². The van der Waals surface area contributed by atoms with Crippen molar-refractivity contribution in [1.82, 2.24) is 14.9 Å². The van der Waals surface area contributed by atoms with Crippen LogP contribution in [0.5, 0.6) is 11.5 Å². The number of ether oxygens (including phenoxy) is 2. The van der Waals surface area contributed by atoms with Crippen LogP contribution in [0.25, 0.3) is 11.4 Å². The lowest BCUT2D eigenvalue weighted by Crippen LogP contribution is -2.16. The van der Waals surface area contributed by atoms with Crippen LogP contribution in [0.4, 0.5) is 5.69 Å². The lowest BCUT2D eigenvalue weighted by atomic mass is 10.2. The van der Waals surface area contributed by atoms with E-state index >= 15 is 0 Å². The minimum Gasteiger partial charge on any atom is -0.493 e. The van der Waals surface area contributed by atoms with E-state index in [9.17, 15) is 4.79 Å². The van der Waals surface area contributed by atoms with E-state index < -0.39 is 0 Å². The third kappa shape index (κ3) is 5.46. The summed E-state index contributed by atoms with van der Waals surface area (Å²) in [6, 6.07) is 23.1. The molecule has 0 aliphatic carbocycles. The number of methoxy groups -OCH3 is 2. The number of rotatable bonds is 9. The molecule has 3 N–H and O–H groups in total. The highest BCUT2D eigenvalue weighted by atomic mass is 32.2. The second kappa shape index (κ2) is 11.0. The Bertz CT molecular complexity index is 1280. The minimum absolute atomic E-state index is 0.131. The highest BCUT2D eigenvalue weighted by Crippen LogP contribution is 2.34. The molecular formula is C24H23N5O3S2. The first-order chi connectivity index (χ1) is 16.6. The fraction of sp³-hybridized carbons (Fsp3) is 0.125. The Hall–Kier alpha value is -3.63. The van der Waals surface area contributed by atoms with Gasteiger partial charge in [-0.15, -0.1) is 10.2 Å². The Balaban J connectivity index is 1.42. The Labute approximate surface area is 205 Å². The monoisotopic (exact) mass is 493 g/mol. The smallest absolute Gasteiger partial charge is 0.234 e. The van der Waals surface area contributed by atoms with Crippen molar-refractivity contribution in [1.29, 1.82) is 0 Å². The summed E-state index contributed by atoms with van der Waals surface area (Å²) in [5, 5.41) is 11.7. The molecular weight excluding hydrogens is 470 g/mol. The molecule has 1 aromatic heterocycles. The summed E-state index contributed by atoms with van der Waals surface area (Å²) < 4.78 is 12.0. The van der Waals surface area contributed by atoms with Crippen LogP contribution in [0.2, 0.25) is 0 Å². The summed E-state index contributed by atoms with van der Waals surface area (Å²) in [6.45, 7) is 0. The van der Waals surface area contributed by atoms with Crippen molar-refractivity contribution < 1.29 is 14.3 Å². The number of benzene rings is 3. The number of carbonyl (C=O) groups excluding carboxylic acids is 1. The molecule has 0 bridgehead atoms. The minimum atomic E-state index is -0.165. The van der Waals surface area contributed by atoms with Gasteiger partial charge in [0.05, 0.1) is 25.7 Å². The van der Waals surface area contributed by atoms with Crippen molar-refractivity contribution in [3.63, 3.8) is 0 Å². The Morgan fingerprint density at radius 1 is 0.971 bits per heavy atom. The van der Waals surface area contributed by atoms with Crippen LogP contribution < -0.4 is 20.6 Å². The van der Waals surface area contributed by atoms with Gasteiger partial charge in [-0.05, 0) is 42.5 Å². The predicted octanol–water partition coefficient (Wildman–Crippen LogP) is 4.56. The van der Waals surface area contributed by atoms with Crippen molar-refractivity contribution in [2.24, 2.45) is 0 Å². The maximum atomic E-state index is 12.7. The second-order valence-corrected chi connectivity index (χ2v) is 9.05. The van der Waals surface area contributed by atoms with Crippen molar-refractivity contribution in [3.05, 3.63) is 72.8 Å². The van der Waals surface area contributed by atoms with Gasteiger partial charge in [0.1, 0.15) is 0 Å². The van der Waals surface area contributed by atoms with Gasteiger partial charge in [0.2, 0.25) is 11.1 Å². The first kappa shape index (κ1) is 23.5. The Morgan fingerprint density at radius 3 is 2.47 bits per heavy atom. The molecule has 0 saturated carbocycles. The van der Waals surface area contributed by atoms with E-state index in [1.807, 2.05) is 60.7 Å². The van der Waals surface area contributed by atoms with Gasteiger partial charge < -0.3 is 20.6 Å². The molecule has 1 amide bonds. The number of hydrogen-bond donors (Lipinski definition) is 2. The molecule has 0 fully saturated rings. The van der Waals surface area contributed by atoms with Crippen LogP contribution in [-0.4, -0.2) is 40.8 Å². The van der Waals surface area contributed by atoms with E-state index in [4.69, 9.17) is 15.3 Å². The molecule has 34 heavy (non-hydrogen) atoms. The van der Waals surface area contributed by atoms with Crippen molar-refractivity contribution >= 4 is 35.1 Å². The predicted molar refractivity (Wildman–Crippen MR) is 135 cm³/mol. The van der Waals surface area contributed by atoms with Gasteiger partial charge in [0.15, 0.2) is 17.3 Å². The van der Waals surface area contributed by atoms with Gasteiger partial charge in [0, 0.05) is 15.4 Å². The zero-order valence-electron chi connectivity index (χ0n) is 18.6. The number of nitrogens with one attached hydrogen (secondary N) is 1. The third-order valence-corrected chi connectivity index (χ3v) is 6.80. The van der Waals surface area contributed by atoms with Crippen LogP contribution in [0, 0.1) is 0 Å². The molecule has 4 rings (SSSR count). The van der Waals surface area contributed by atoms with Crippen LogP contribution in [0.15, 0.2) is 87.7 Å². The Morgan fingerprint density at radius 2 is 1.71 bits per heavy atom. The maximum Gasteiger partial charge on any atom is 0.234 e. The van der Waals surface area contributed by atoms with Gasteiger partial charge in [-0.1, -0.05) is 53.9 Å². The summed E-state index contributed by atoms with van der Waals surface area (Å²) in [5.74, 6) is 7.79. The number of para-hydroxylation sites is 1. The van der Waals surface area contributed by atoms with E-state index in [-0.39, 0.29) is 11.7 Å². The number of aromatic nitrogens is 3. The summed E-state index contributed by atoms with van der Waals surface area (Å²) in [7, 11) is 3.13. The molecule has 0 aliphatic heterocycles. The standard InChI is InChI=1S/C24H23N5O3S2/c1-31-19-13-12-16(14-20(19)32-2)23-27-28-24(29(23)25)33-15-22(30)26-18-10-6-7-11-21(18)34-17-8-4-3-5-9-17/h3-14H,15,25H2,1-2H3,(H,26,30). The number of nitrogens with two attached hydrogens (primary N) is 1. The van der Waals surface area contributed by atoms with E-state index in [0.29, 0.717) is 22.5 Å². The van der Waals surface area contributed by atoms with E-state index in [1.54, 1.807) is 38.1 Å². The van der Waals surface area contributed by atoms with Crippen LogP contribution in [0.1, 0.15) is 0 Å². The highest BCUT2D eigenvalue weighted by molar-refractivity contribution is 8.00. The molecule has 1 heterocycles. The van der Waals surface area contributed by atoms with Crippen LogP contribution in [0.3, 0.4) is 0 Å². The fourth-order valence-electron chi connectivity index (χ4n) is 3.14. The highest BCUT2D eigenvalue weighted by Gasteiger charge is 2.16. The number of nitrogen functional groups attached to an aromatic ring is 1. The first-order valence-corrected chi connectivity index (χ1v) is 12.1. The quantitative estimate of drug-likeness (QED) is 0.258. The lowest BCUT2D eigenvalue weighted by Gasteiger charge is -2.11. The third-order valence-electron chi connectivity index (χ3n) is 4.77. The number of carbonyl (C=O) groups is 1. The summed E-state index contributed by atoms with van der Waals surface area (Å²) in [4.78, 5) is 14.7. The van der Waals surface area contributed by atoms with Gasteiger partial charge >= 0.3 is 0 Å². The first-order valence-electron chi connectivity index (χ1n) is 10.3. The van der Waals surface area contributed by atoms with E-state index in [0.717, 1.165) is 21.0 Å². The van der Waals surface area contributed by atoms with Crippen LogP contribution in [-0.2, 0) is 4.79 Å². The second-order valence-electron chi connectivity index (χ2n) is 6.99. The number of hydrogen-bond acceptors (Lipinski definition) is 8. The molecule has 0 atom stereocenters. The molecule has 0 saturated heterocycles. The fourth-order valence-corrected chi connectivity index (χ4v) is 4.72. The number of thioether (sulfide) groups is 1. The zero-order chi connectivity index (χ0) is 23.9. The lowest BCUT2D eigenvalue weighted by molar-refractivity contribution is -0.113. The van der Waals surface area contributed by atoms with Gasteiger partial charge in [-0.3, -0.25) is 4.79 Å². The molecule has 10 heteroatoms. The topological polar surface area (TPSA) is 104 Å². The molecule has 0 aliphatic rings. The van der Waals surface area contributed by atoms with Gasteiger partial charge in [0.25, 0.3) is 0 Å². The number of anilines is 1. The molecule has 0 radical (unpaired) electrons.